The molecular weight excluding hydrogens is 521 g/mol. The lowest BCUT2D eigenvalue weighted by Gasteiger charge is -2.33. The summed E-state index contributed by atoms with van der Waals surface area (Å²) in [7, 11) is -4.27. The summed E-state index contributed by atoms with van der Waals surface area (Å²) in [4.78, 5) is 41.4. The van der Waals surface area contributed by atoms with Gasteiger partial charge in [-0.2, -0.15) is 0 Å². The van der Waals surface area contributed by atoms with Crippen LogP contribution in [0.1, 0.15) is 41.8 Å². The maximum atomic E-state index is 14.7. The van der Waals surface area contributed by atoms with E-state index in [-0.39, 0.29) is 35.0 Å². The van der Waals surface area contributed by atoms with Gasteiger partial charge in [-0.05, 0) is 37.1 Å². The van der Waals surface area contributed by atoms with Crippen molar-refractivity contribution in [1.29, 1.82) is 0 Å². The Morgan fingerprint density at radius 1 is 0.974 bits per heavy atom. The summed E-state index contributed by atoms with van der Waals surface area (Å²) in [6, 6.07) is 19.3. The molecule has 0 spiro atoms. The molecule has 1 aliphatic heterocycles. The highest BCUT2D eigenvalue weighted by atomic mass is 32.2. The molecule has 0 saturated heterocycles. The fraction of sp³-hybridized carbons (Fsp3) is 0.276. The van der Waals surface area contributed by atoms with Crippen LogP contribution in [0.4, 0.5) is 4.39 Å². The summed E-state index contributed by atoms with van der Waals surface area (Å²) >= 11 is 0. The third-order valence-electron chi connectivity index (χ3n) is 6.76. The first-order valence-corrected chi connectivity index (χ1v) is 14.1. The Kier molecular flexibility index (Phi) is 8.44. The lowest BCUT2D eigenvalue weighted by Crippen LogP contribution is -2.54. The molecular formula is C29H30FN3O5S. The van der Waals surface area contributed by atoms with Crippen molar-refractivity contribution in [3.63, 3.8) is 0 Å². The number of benzene rings is 3. The lowest BCUT2D eigenvalue weighted by molar-refractivity contribution is -0.141. The van der Waals surface area contributed by atoms with Crippen molar-refractivity contribution in [3.05, 3.63) is 101 Å². The predicted molar refractivity (Wildman–Crippen MR) is 143 cm³/mol. The molecule has 204 valence electrons. The number of sulfonamides is 1. The molecule has 0 unspecified atom stereocenters. The van der Waals surface area contributed by atoms with Crippen LogP contribution in [0.2, 0.25) is 0 Å². The molecule has 0 radical (unpaired) electrons. The molecule has 2 atom stereocenters. The normalized spacial score (nSPS) is 15.4. The molecule has 0 aliphatic carbocycles. The second kappa shape index (κ2) is 11.8. The van der Waals surface area contributed by atoms with Crippen LogP contribution in [0.25, 0.3) is 0 Å². The number of halogens is 1. The van der Waals surface area contributed by atoms with E-state index in [2.05, 4.69) is 5.32 Å². The van der Waals surface area contributed by atoms with Gasteiger partial charge in [0.15, 0.2) is 0 Å². The predicted octanol–water partition coefficient (Wildman–Crippen LogP) is 3.53. The van der Waals surface area contributed by atoms with Gasteiger partial charge in [-0.3, -0.25) is 14.4 Å². The van der Waals surface area contributed by atoms with Crippen molar-refractivity contribution in [3.8, 4) is 0 Å². The first-order valence-electron chi connectivity index (χ1n) is 12.7. The fourth-order valence-electron chi connectivity index (χ4n) is 4.41. The van der Waals surface area contributed by atoms with Gasteiger partial charge in [0, 0.05) is 24.6 Å². The molecule has 0 fully saturated rings. The first kappa shape index (κ1) is 28.0. The Bertz CT molecular complexity index is 1480. The largest absolute Gasteiger partial charge is 0.352 e. The van der Waals surface area contributed by atoms with Crippen molar-refractivity contribution < 1.29 is 27.2 Å². The molecule has 10 heteroatoms. The standard InChI is InChI=1S/C29H30FN3O5S/c1-3-20(2)31-28(35)25(17-21-11-5-4-6-12-21)32(18-22-13-7-9-15-24(22)30)27(34)19-33-29(36)23-14-8-10-16-26(23)39(33,37)38/h4-16,20,25H,3,17-19H2,1-2H3,(H,31,35)/t20-,25+/m1/s1. The van der Waals surface area contributed by atoms with Crippen LogP contribution in [0.15, 0.2) is 83.8 Å². The van der Waals surface area contributed by atoms with Crippen molar-refractivity contribution in [2.24, 2.45) is 0 Å². The van der Waals surface area contributed by atoms with E-state index in [1.165, 1.54) is 42.5 Å². The summed E-state index contributed by atoms with van der Waals surface area (Å²) in [6.07, 6.45) is 0.744. The SMILES string of the molecule is CC[C@@H](C)NC(=O)[C@H](Cc1ccccc1)N(Cc1ccccc1F)C(=O)CN1C(=O)c2ccccc2S1(=O)=O. The zero-order valence-corrected chi connectivity index (χ0v) is 22.5. The average Bonchev–Trinajstić information content (AvgIpc) is 3.12. The maximum absolute atomic E-state index is 14.7. The summed E-state index contributed by atoms with van der Waals surface area (Å²) < 4.78 is 41.5. The number of carbonyl (C=O) groups is 3. The van der Waals surface area contributed by atoms with E-state index in [9.17, 15) is 27.2 Å². The number of hydrogen-bond acceptors (Lipinski definition) is 5. The molecule has 1 N–H and O–H groups in total. The Balaban J connectivity index is 1.73. The Morgan fingerprint density at radius 2 is 1.62 bits per heavy atom. The molecule has 1 aliphatic rings. The number of nitrogens with zero attached hydrogens (tertiary/aromatic N) is 2. The van der Waals surface area contributed by atoms with Crippen molar-refractivity contribution >= 4 is 27.7 Å². The van der Waals surface area contributed by atoms with Crippen LogP contribution < -0.4 is 5.32 Å². The van der Waals surface area contributed by atoms with E-state index in [0.717, 1.165) is 10.5 Å². The van der Waals surface area contributed by atoms with Crippen LogP contribution in [0.5, 0.6) is 0 Å². The lowest BCUT2D eigenvalue weighted by atomic mass is 10.0. The maximum Gasteiger partial charge on any atom is 0.269 e. The van der Waals surface area contributed by atoms with E-state index in [4.69, 9.17) is 0 Å². The fourth-order valence-corrected chi connectivity index (χ4v) is 5.92. The van der Waals surface area contributed by atoms with E-state index < -0.39 is 46.1 Å². The van der Waals surface area contributed by atoms with Gasteiger partial charge in [0.25, 0.3) is 15.9 Å². The Labute approximate surface area is 227 Å². The molecule has 3 amide bonds. The molecule has 1 heterocycles. The molecule has 3 aromatic carbocycles. The zero-order valence-electron chi connectivity index (χ0n) is 21.7. The zero-order chi connectivity index (χ0) is 28.2. The van der Waals surface area contributed by atoms with Gasteiger partial charge in [-0.1, -0.05) is 67.6 Å². The Morgan fingerprint density at radius 3 is 2.28 bits per heavy atom. The highest BCUT2D eigenvalue weighted by Gasteiger charge is 2.43. The third-order valence-corrected chi connectivity index (χ3v) is 8.55. The van der Waals surface area contributed by atoms with Crippen LogP contribution >= 0.6 is 0 Å². The topological polar surface area (TPSA) is 104 Å². The number of hydrogen-bond donors (Lipinski definition) is 1. The summed E-state index contributed by atoms with van der Waals surface area (Å²) in [6.45, 7) is 2.60. The molecule has 3 aromatic rings. The van der Waals surface area contributed by atoms with Gasteiger partial charge in [0.2, 0.25) is 11.8 Å². The quantitative estimate of drug-likeness (QED) is 0.415. The molecule has 4 rings (SSSR count). The average molecular weight is 552 g/mol. The second-order valence-corrected chi connectivity index (χ2v) is 11.3. The minimum Gasteiger partial charge on any atom is -0.352 e. The Hall–Kier alpha value is -4.05. The van der Waals surface area contributed by atoms with E-state index >= 15 is 0 Å². The van der Waals surface area contributed by atoms with Crippen molar-refractivity contribution in [1.82, 2.24) is 14.5 Å². The number of amides is 3. The summed E-state index contributed by atoms with van der Waals surface area (Å²) in [5.41, 5.74) is 0.880. The van der Waals surface area contributed by atoms with Gasteiger partial charge < -0.3 is 10.2 Å². The van der Waals surface area contributed by atoms with Crippen LogP contribution in [-0.2, 0) is 32.6 Å². The number of rotatable bonds is 10. The van der Waals surface area contributed by atoms with Gasteiger partial charge >= 0.3 is 0 Å². The second-order valence-electron chi connectivity index (χ2n) is 9.45. The first-order chi connectivity index (χ1) is 18.6. The minimum atomic E-state index is -4.27. The highest BCUT2D eigenvalue weighted by molar-refractivity contribution is 7.90. The third kappa shape index (κ3) is 6.01. The monoisotopic (exact) mass is 551 g/mol. The van der Waals surface area contributed by atoms with Crippen LogP contribution in [0.3, 0.4) is 0 Å². The number of fused-ring (bicyclic) bond motifs is 1. The van der Waals surface area contributed by atoms with Crippen molar-refractivity contribution in [2.75, 3.05) is 6.54 Å². The van der Waals surface area contributed by atoms with E-state index in [1.807, 2.05) is 19.9 Å². The number of nitrogens with one attached hydrogen (secondary N) is 1. The molecule has 39 heavy (non-hydrogen) atoms. The molecule has 0 bridgehead atoms. The van der Waals surface area contributed by atoms with Gasteiger partial charge in [0.05, 0.1) is 5.56 Å². The van der Waals surface area contributed by atoms with E-state index in [1.54, 1.807) is 30.3 Å². The summed E-state index contributed by atoms with van der Waals surface area (Å²) in [5, 5.41) is 2.89. The van der Waals surface area contributed by atoms with Crippen molar-refractivity contribution in [2.45, 2.75) is 50.2 Å². The van der Waals surface area contributed by atoms with Gasteiger partial charge in [-0.25, -0.2) is 17.1 Å². The molecule has 0 saturated carbocycles. The highest BCUT2D eigenvalue weighted by Crippen LogP contribution is 2.30. The minimum absolute atomic E-state index is 0.0266. The van der Waals surface area contributed by atoms with Gasteiger partial charge in [-0.15, -0.1) is 0 Å². The van der Waals surface area contributed by atoms with Gasteiger partial charge in [0.1, 0.15) is 23.3 Å². The number of carbonyl (C=O) groups excluding carboxylic acids is 3. The summed E-state index contributed by atoms with van der Waals surface area (Å²) in [5.74, 6) is -2.66. The smallest absolute Gasteiger partial charge is 0.269 e. The molecule has 8 nitrogen and oxygen atoms in total. The van der Waals surface area contributed by atoms with Crippen LogP contribution in [0, 0.1) is 5.82 Å². The molecule has 0 aromatic heterocycles. The van der Waals surface area contributed by atoms with Crippen LogP contribution in [-0.4, -0.2) is 54.0 Å². The van der Waals surface area contributed by atoms with E-state index in [0.29, 0.717) is 10.7 Å².